The second-order valence-electron chi connectivity index (χ2n) is 4.45. The van der Waals surface area contributed by atoms with Gasteiger partial charge in [-0.25, -0.2) is 4.98 Å². The van der Waals surface area contributed by atoms with Crippen molar-refractivity contribution in [2.24, 2.45) is 0 Å². The molecule has 0 N–H and O–H groups in total. The second-order valence-corrected chi connectivity index (χ2v) is 4.45. The van der Waals surface area contributed by atoms with Gasteiger partial charge in [-0.1, -0.05) is 27.7 Å². The molecule has 0 saturated carbocycles. The number of ether oxygens (including phenoxy) is 1. The minimum Gasteiger partial charge on any atom is -0.476 e. The van der Waals surface area contributed by atoms with Crippen LogP contribution in [0, 0.1) is 5.82 Å². The molecule has 0 aliphatic rings. The zero-order chi connectivity index (χ0) is 11.5. The number of halogens is 1. The molecule has 0 spiro atoms. The monoisotopic (exact) mass is 212 g/mol. The summed E-state index contributed by atoms with van der Waals surface area (Å²) in [5.41, 5.74) is -0.196. The van der Waals surface area contributed by atoms with E-state index in [0.29, 0.717) is 12.4 Å². The van der Waals surface area contributed by atoms with Crippen LogP contribution in [0.15, 0.2) is 6.20 Å². The molecule has 0 radical (unpaired) electrons. The Balaban J connectivity index is 2.95. The molecular formula is C11H17FN2O. The van der Waals surface area contributed by atoms with Crippen molar-refractivity contribution in [3.63, 3.8) is 0 Å². The third kappa shape index (κ3) is 3.15. The summed E-state index contributed by atoms with van der Waals surface area (Å²) in [7, 11) is 0. The van der Waals surface area contributed by atoms with Gasteiger partial charge in [-0.15, -0.1) is 0 Å². The molecule has 1 aromatic heterocycles. The average molecular weight is 212 g/mol. The smallest absolute Gasteiger partial charge is 0.253 e. The summed E-state index contributed by atoms with van der Waals surface area (Å²) in [6.07, 6.45) is 1.99. The number of nitrogens with zero attached hydrogens (tertiary/aromatic N) is 2. The van der Waals surface area contributed by atoms with Gasteiger partial charge in [0.2, 0.25) is 5.82 Å². The highest BCUT2D eigenvalue weighted by molar-refractivity contribution is 5.15. The van der Waals surface area contributed by atoms with Crippen molar-refractivity contribution in [1.29, 1.82) is 0 Å². The molecule has 0 saturated heterocycles. The van der Waals surface area contributed by atoms with Crippen molar-refractivity contribution in [2.75, 3.05) is 6.61 Å². The first-order valence-electron chi connectivity index (χ1n) is 5.11. The fourth-order valence-corrected chi connectivity index (χ4v) is 1.01. The Morgan fingerprint density at radius 3 is 2.60 bits per heavy atom. The number of rotatable bonds is 3. The predicted molar refractivity (Wildman–Crippen MR) is 56.5 cm³/mol. The van der Waals surface area contributed by atoms with Gasteiger partial charge in [-0.3, -0.25) is 0 Å². The van der Waals surface area contributed by atoms with Crippen LogP contribution in [0.2, 0.25) is 0 Å². The van der Waals surface area contributed by atoms with Crippen molar-refractivity contribution in [1.82, 2.24) is 9.97 Å². The van der Waals surface area contributed by atoms with E-state index in [1.807, 2.05) is 27.7 Å². The minimum absolute atomic E-state index is 0.0526. The first-order valence-corrected chi connectivity index (χ1v) is 5.11. The Bertz CT molecular complexity index is 334. The summed E-state index contributed by atoms with van der Waals surface area (Å²) >= 11 is 0. The summed E-state index contributed by atoms with van der Waals surface area (Å²) in [6, 6.07) is 0. The van der Waals surface area contributed by atoms with Crippen molar-refractivity contribution >= 4 is 0 Å². The molecule has 0 unspecified atom stereocenters. The van der Waals surface area contributed by atoms with Gasteiger partial charge in [0.1, 0.15) is 5.82 Å². The average Bonchev–Trinajstić information content (AvgIpc) is 2.15. The van der Waals surface area contributed by atoms with Crippen LogP contribution in [0.3, 0.4) is 0 Å². The van der Waals surface area contributed by atoms with Gasteiger partial charge >= 0.3 is 0 Å². The Labute approximate surface area is 89.7 Å². The van der Waals surface area contributed by atoms with Crippen molar-refractivity contribution in [3.8, 4) is 5.88 Å². The molecule has 0 aromatic carbocycles. The Morgan fingerprint density at radius 1 is 1.40 bits per heavy atom. The fourth-order valence-electron chi connectivity index (χ4n) is 1.01. The topological polar surface area (TPSA) is 35.0 Å². The third-order valence-electron chi connectivity index (χ3n) is 1.83. The molecule has 0 atom stereocenters. The summed E-state index contributed by atoms with van der Waals surface area (Å²) in [5.74, 6) is 0.142. The standard InChI is InChI=1S/C11H17FN2O/c1-5-6-15-9-8(12)7-13-10(14-9)11(2,3)4/h7H,5-6H2,1-4H3. The van der Waals surface area contributed by atoms with Crippen molar-refractivity contribution in [3.05, 3.63) is 17.8 Å². The van der Waals surface area contributed by atoms with Crippen molar-refractivity contribution < 1.29 is 9.13 Å². The molecule has 1 aromatic rings. The van der Waals surface area contributed by atoms with E-state index in [9.17, 15) is 4.39 Å². The molecule has 0 bridgehead atoms. The van der Waals surface area contributed by atoms with E-state index in [2.05, 4.69) is 9.97 Å². The van der Waals surface area contributed by atoms with Crippen LogP contribution in [0.1, 0.15) is 39.9 Å². The van der Waals surface area contributed by atoms with Gasteiger partial charge in [-0.2, -0.15) is 9.37 Å². The molecule has 0 aliphatic carbocycles. The van der Waals surface area contributed by atoms with Gasteiger partial charge in [0, 0.05) is 5.41 Å². The van der Waals surface area contributed by atoms with E-state index in [1.165, 1.54) is 6.20 Å². The quantitative estimate of drug-likeness (QED) is 0.772. The van der Waals surface area contributed by atoms with E-state index < -0.39 is 5.82 Å². The van der Waals surface area contributed by atoms with Crippen molar-refractivity contribution in [2.45, 2.75) is 39.5 Å². The molecule has 1 heterocycles. The Kier molecular flexibility index (Phi) is 3.61. The van der Waals surface area contributed by atoms with Crippen LogP contribution in [-0.4, -0.2) is 16.6 Å². The lowest BCUT2D eigenvalue weighted by molar-refractivity contribution is 0.283. The molecule has 1 rings (SSSR count). The van der Waals surface area contributed by atoms with Gasteiger partial charge < -0.3 is 4.74 Å². The molecule has 4 heteroatoms. The second kappa shape index (κ2) is 4.55. The molecule has 15 heavy (non-hydrogen) atoms. The zero-order valence-corrected chi connectivity index (χ0v) is 9.67. The first-order chi connectivity index (χ1) is 6.95. The Hall–Kier alpha value is -1.19. The highest BCUT2D eigenvalue weighted by Crippen LogP contribution is 2.21. The molecule has 0 amide bonds. The predicted octanol–water partition coefficient (Wildman–Crippen LogP) is 2.70. The maximum Gasteiger partial charge on any atom is 0.253 e. The summed E-state index contributed by atoms with van der Waals surface area (Å²) in [4.78, 5) is 8.02. The van der Waals surface area contributed by atoms with Crippen LogP contribution in [0.5, 0.6) is 5.88 Å². The van der Waals surface area contributed by atoms with E-state index in [4.69, 9.17) is 4.74 Å². The molecule has 0 fully saturated rings. The highest BCUT2D eigenvalue weighted by atomic mass is 19.1. The van der Waals surface area contributed by atoms with Crippen LogP contribution in [0.25, 0.3) is 0 Å². The summed E-state index contributed by atoms with van der Waals surface area (Å²) in [5, 5.41) is 0. The Morgan fingerprint density at radius 2 is 2.07 bits per heavy atom. The lowest BCUT2D eigenvalue weighted by Gasteiger charge is -2.17. The van der Waals surface area contributed by atoms with E-state index in [-0.39, 0.29) is 11.3 Å². The first kappa shape index (κ1) is 11.9. The van der Waals surface area contributed by atoms with E-state index in [1.54, 1.807) is 0 Å². The van der Waals surface area contributed by atoms with Crippen LogP contribution in [0.4, 0.5) is 4.39 Å². The van der Waals surface area contributed by atoms with Crippen LogP contribution < -0.4 is 4.74 Å². The molecule has 84 valence electrons. The number of hydrogen-bond acceptors (Lipinski definition) is 3. The highest BCUT2D eigenvalue weighted by Gasteiger charge is 2.19. The zero-order valence-electron chi connectivity index (χ0n) is 9.67. The molecule has 0 aliphatic heterocycles. The summed E-state index contributed by atoms with van der Waals surface area (Å²) < 4.78 is 18.4. The largest absolute Gasteiger partial charge is 0.476 e. The SMILES string of the molecule is CCCOc1nc(C(C)(C)C)ncc1F. The van der Waals surface area contributed by atoms with Gasteiger partial charge in [0.15, 0.2) is 0 Å². The fraction of sp³-hybridized carbons (Fsp3) is 0.636. The molecular weight excluding hydrogens is 195 g/mol. The lowest BCUT2D eigenvalue weighted by atomic mass is 9.96. The van der Waals surface area contributed by atoms with Crippen LogP contribution in [-0.2, 0) is 5.41 Å². The summed E-state index contributed by atoms with van der Waals surface area (Å²) in [6.45, 7) is 8.36. The van der Waals surface area contributed by atoms with Gasteiger partial charge in [0.05, 0.1) is 12.8 Å². The van der Waals surface area contributed by atoms with Gasteiger partial charge in [0.25, 0.3) is 5.88 Å². The van der Waals surface area contributed by atoms with Crippen LogP contribution >= 0.6 is 0 Å². The number of aromatic nitrogens is 2. The lowest BCUT2D eigenvalue weighted by Crippen LogP contribution is -2.17. The maximum absolute atomic E-state index is 13.2. The maximum atomic E-state index is 13.2. The minimum atomic E-state index is -0.503. The molecule has 3 nitrogen and oxygen atoms in total. The normalized spacial score (nSPS) is 11.5. The third-order valence-corrected chi connectivity index (χ3v) is 1.83. The van der Waals surface area contributed by atoms with Gasteiger partial charge in [-0.05, 0) is 6.42 Å². The number of hydrogen-bond donors (Lipinski definition) is 0. The van der Waals surface area contributed by atoms with E-state index >= 15 is 0 Å². The van der Waals surface area contributed by atoms with E-state index in [0.717, 1.165) is 6.42 Å².